The Morgan fingerprint density at radius 2 is 2.07 bits per heavy atom. The van der Waals surface area contributed by atoms with Crippen molar-refractivity contribution in [2.75, 3.05) is 6.54 Å². The van der Waals surface area contributed by atoms with E-state index in [1.165, 1.54) is 12.8 Å². The first-order valence-corrected chi connectivity index (χ1v) is 5.88. The zero-order valence-corrected chi connectivity index (χ0v) is 9.39. The van der Waals surface area contributed by atoms with Crippen molar-refractivity contribution in [3.05, 3.63) is 0 Å². The molecule has 0 aromatic carbocycles. The van der Waals surface area contributed by atoms with E-state index in [1.807, 2.05) is 0 Å². The Bertz CT molecular complexity index is 270. The van der Waals surface area contributed by atoms with Crippen LogP contribution in [0.15, 0.2) is 0 Å². The summed E-state index contributed by atoms with van der Waals surface area (Å²) >= 11 is 0. The molecule has 3 fully saturated rings. The predicted molar refractivity (Wildman–Crippen MR) is 54.9 cm³/mol. The molecule has 1 nitrogen and oxygen atoms in total. The third-order valence-electron chi connectivity index (χ3n) is 4.90. The number of fused-ring (bicyclic) bond motifs is 3. The third kappa shape index (κ3) is 0.843. The maximum Gasteiger partial charge on any atom is 0.120 e. The largest absolute Gasteiger partial charge is 0.291 e. The van der Waals surface area contributed by atoms with Gasteiger partial charge in [-0.25, -0.2) is 4.39 Å². The minimum atomic E-state index is -0.497. The second-order valence-corrected chi connectivity index (χ2v) is 6.38. The summed E-state index contributed by atoms with van der Waals surface area (Å²) in [6.45, 7) is 8.11. The molecule has 3 rings (SSSR count). The number of alkyl halides is 1. The Labute approximate surface area is 85.7 Å². The molecule has 14 heavy (non-hydrogen) atoms. The highest BCUT2D eigenvalue weighted by atomic mass is 19.1. The Morgan fingerprint density at radius 3 is 2.71 bits per heavy atom. The Hall–Kier alpha value is -0.110. The molecule has 0 radical (unpaired) electrons. The quantitative estimate of drug-likeness (QED) is 0.577. The maximum atomic E-state index is 13.4. The van der Waals surface area contributed by atoms with E-state index < -0.39 is 6.17 Å². The third-order valence-corrected chi connectivity index (χ3v) is 4.90. The standard InChI is InChI=1S/C12H20FN/c1-11(2,3)12-5-4-6-14(12)10-8(7-12)9(10)13/h8-10H,4-7H2,1-3H3. The normalized spacial score (nSPS) is 51.9. The van der Waals surface area contributed by atoms with Gasteiger partial charge in [0.1, 0.15) is 6.17 Å². The maximum absolute atomic E-state index is 13.4. The van der Waals surface area contributed by atoms with Crippen molar-refractivity contribution in [2.24, 2.45) is 11.3 Å². The lowest BCUT2D eigenvalue weighted by atomic mass is 9.70. The van der Waals surface area contributed by atoms with Gasteiger partial charge in [-0.2, -0.15) is 0 Å². The molecule has 4 unspecified atom stereocenters. The fourth-order valence-corrected chi connectivity index (χ4v) is 4.01. The molecule has 1 saturated carbocycles. The van der Waals surface area contributed by atoms with Crippen molar-refractivity contribution in [3.8, 4) is 0 Å². The number of halogens is 1. The van der Waals surface area contributed by atoms with Crippen LogP contribution >= 0.6 is 0 Å². The highest BCUT2D eigenvalue weighted by Gasteiger charge is 2.70. The van der Waals surface area contributed by atoms with Crippen LogP contribution < -0.4 is 0 Å². The number of rotatable bonds is 0. The minimum absolute atomic E-state index is 0.303. The molecule has 1 aliphatic carbocycles. The molecule has 0 N–H and O–H groups in total. The molecule has 4 atom stereocenters. The molecule has 80 valence electrons. The van der Waals surface area contributed by atoms with Gasteiger partial charge in [0.15, 0.2) is 0 Å². The predicted octanol–water partition coefficient (Wildman–Crippen LogP) is 2.61. The Morgan fingerprint density at radius 1 is 1.36 bits per heavy atom. The van der Waals surface area contributed by atoms with Gasteiger partial charge in [-0.1, -0.05) is 20.8 Å². The average Bonchev–Trinajstić information content (AvgIpc) is 2.47. The molecule has 3 aliphatic rings. The summed E-state index contributed by atoms with van der Waals surface area (Å²) in [5, 5.41) is 0. The number of hydrogen-bond acceptors (Lipinski definition) is 1. The highest BCUT2D eigenvalue weighted by Crippen LogP contribution is 2.63. The summed E-state index contributed by atoms with van der Waals surface area (Å²) in [6.07, 6.45) is 3.18. The van der Waals surface area contributed by atoms with Gasteiger partial charge >= 0.3 is 0 Å². The molecule has 0 aromatic heterocycles. The monoisotopic (exact) mass is 197 g/mol. The molecular weight excluding hydrogens is 177 g/mol. The van der Waals surface area contributed by atoms with Crippen LogP contribution in [-0.4, -0.2) is 29.2 Å². The summed E-state index contributed by atoms with van der Waals surface area (Å²) in [5.41, 5.74) is 0.654. The summed E-state index contributed by atoms with van der Waals surface area (Å²) in [7, 11) is 0. The van der Waals surface area contributed by atoms with E-state index in [2.05, 4.69) is 25.7 Å². The first-order chi connectivity index (χ1) is 6.47. The van der Waals surface area contributed by atoms with Crippen molar-refractivity contribution in [2.45, 2.75) is 57.8 Å². The van der Waals surface area contributed by atoms with Crippen LogP contribution in [0.1, 0.15) is 40.0 Å². The van der Waals surface area contributed by atoms with Gasteiger partial charge in [0, 0.05) is 17.5 Å². The molecule has 2 heteroatoms. The second kappa shape index (κ2) is 2.34. The molecule has 0 spiro atoms. The summed E-state index contributed by atoms with van der Waals surface area (Å²) in [5.74, 6) is 0.384. The number of nitrogens with zero attached hydrogens (tertiary/aromatic N) is 1. The van der Waals surface area contributed by atoms with Crippen molar-refractivity contribution < 1.29 is 4.39 Å². The van der Waals surface area contributed by atoms with Crippen LogP contribution in [0.4, 0.5) is 4.39 Å². The zero-order valence-electron chi connectivity index (χ0n) is 9.39. The zero-order chi connectivity index (χ0) is 10.1. The lowest BCUT2D eigenvalue weighted by Gasteiger charge is -2.46. The summed E-state index contributed by atoms with van der Waals surface area (Å²) in [4.78, 5) is 2.50. The van der Waals surface area contributed by atoms with Gasteiger partial charge in [-0.3, -0.25) is 4.90 Å². The van der Waals surface area contributed by atoms with E-state index in [9.17, 15) is 4.39 Å². The molecule has 0 amide bonds. The Balaban J connectivity index is 1.94. The van der Waals surface area contributed by atoms with Gasteiger partial charge in [-0.15, -0.1) is 0 Å². The Kier molecular flexibility index (Phi) is 1.53. The first-order valence-electron chi connectivity index (χ1n) is 5.88. The van der Waals surface area contributed by atoms with E-state index in [0.29, 0.717) is 22.9 Å². The smallest absolute Gasteiger partial charge is 0.120 e. The first kappa shape index (κ1) is 9.14. The summed E-state index contributed by atoms with van der Waals surface area (Å²) in [6, 6.07) is 0.303. The second-order valence-electron chi connectivity index (χ2n) is 6.38. The summed E-state index contributed by atoms with van der Waals surface area (Å²) < 4.78 is 13.4. The van der Waals surface area contributed by atoms with Gasteiger partial charge < -0.3 is 0 Å². The lowest BCUT2D eigenvalue weighted by Crippen LogP contribution is -2.52. The van der Waals surface area contributed by atoms with Crippen molar-refractivity contribution >= 4 is 0 Å². The van der Waals surface area contributed by atoms with Crippen molar-refractivity contribution in [1.29, 1.82) is 0 Å². The molecule has 2 aliphatic heterocycles. The van der Waals surface area contributed by atoms with Crippen LogP contribution in [0.3, 0.4) is 0 Å². The van der Waals surface area contributed by atoms with E-state index >= 15 is 0 Å². The van der Waals surface area contributed by atoms with Crippen molar-refractivity contribution in [1.82, 2.24) is 4.90 Å². The average molecular weight is 197 g/mol. The lowest BCUT2D eigenvalue weighted by molar-refractivity contribution is 0.0301. The topological polar surface area (TPSA) is 3.24 Å². The van der Waals surface area contributed by atoms with Gasteiger partial charge in [0.2, 0.25) is 0 Å². The van der Waals surface area contributed by atoms with Crippen molar-refractivity contribution in [3.63, 3.8) is 0 Å². The molecular formula is C12H20FN. The molecule has 0 aromatic rings. The molecule has 0 bridgehead atoms. The molecule has 2 heterocycles. The van der Waals surface area contributed by atoms with Gasteiger partial charge in [0.25, 0.3) is 0 Å². The SMILES string of the molecule is CC(C)(C)C12CCCN1C1C(F)C1C2. The van der Waals surface area contributed by atoms with Crippen LogP contribution in [0.5, 0.6) is 0 Å². The minimum Gasteiger partial charge on any atom is -0.291 e. The van der Waals surface area contributed by atoms with E-state index in [-0.39, 0.29) is 0 Å². The van der Waals surface area contributed by atoms with E-state index in [0.717, 1.165) is 13.0 Å². The molecule has 2 saturated heterocycles. The van der Waals surface area contributed by atoms with Gasteiger partial charge in [0.05, 0.1) is 0 Å². The van der Waals surface area contributed by atoms with Gasteiger partial charge in [-0.05, 0) is 31.2 Å². The fraction of sp³-hybridized carbons (Fsp3) is 1.00. The van der Waals surface area contributed by atoms with Crippen LogP contribution in [0, 0.1) is 11.3 Å². The van der Waals surface area contributed by atoms with Crippen LogP contribution in [-0.2, 0) is 0 Å². The number of hydrogen-bond donors (Lipinski definition) is 0. The van der Waals surface area contributed by atoms with E-state index in [1.54, 1.807) is 0 Å². The van der Waals surface area contributed by atoms with Crippen LogP contribution in [0.2, 0.25) is 0 Å². The van der Waals surface area contributed by atoms with E-state index in [4.69, 9.17) is 0 Å². The highest BCUT2D eigenvalue weighted by molar-refractivity contribution is 5.23. The fourth-order valence-electron chi connectivity index (χ4n) is 4.01. The van der Waals surface area contributed by atoms with Crippen LogP contribution in [0.25, 0.3) is 0 Å². The number of piperidine rings is 1.